The summed E-state index contributed by atoms with van der Waals surface area (Å²) in [6.07, 6.45) is 0.521. The molecular formula is C5H10N2O2. The van der Waals surface area contributed by atoms with E-state index in [-0.39, 0.29) is 12.3 Å². The fraction of sp³-hybridized carbons (Fsp3) is 0.600. The van der Waals surface area contributed by atoms with Gasteiger partial charge in [-0.15, -0.1) is 0 Å². The second-order valence-corrected chi connectivity index (χ2v) is 1.50. The molecule has 0 rings (SSSR count). The SMILES string of the molecule is CNCNC(=O)CC=O. The van der Waals surface area contributed by atoms with Crippen LogP contribution in [-0.4, -0.2) is 25.9 Å². The molecule has 0 aromatic heterocycles. The highest BCUT2D eigenvalue weighted by Gasteiger charge is 1.94. The number of hydrogen-bond donors (Lipinski definition) is 2. The standard InChI is InChI=1S/C5H10N2O2/c1-6-4-7-5(9)2-3-8/h3,6H,2,4H2,1H3,(H,7,9). The molecule has 0 aromatic rings. The maximum absolute atomic E-state index is 10.4. The van der Waals surface area contributed by atoms with Crippen molar-refractivity contribution in [1.29, 1.82) is 0 Å². The monoisotopic (exact) mass is 130 g/mol. The molecule has 0 fully saturated rings. The van der Waals surface area contributed by atoms with Crippen molar-refractivity contribution in [1.82, 2.24) is 10.6 Å². The molecule has 2 N–H and O–H groups in total. The third-order valence-electron chi connectivity index (χ3n) is 0.731. The number of nitrogens with one attached hydrogen (secondary N) is 2. The highest BCUT2D eigenvalue weighted by Crippen LogP contribution is 1.68. The van der Waals surface area contributed by atoms with E-state index >= 15 is 0 Å². The Morgan fingerprint density at radius 1 is 1.67 bits per heavy atom. The first-order valence-corrected chi connectivity index (χ1v) is 2.66. The average Bonchev–Trinajstić information content (AvgIpc) is 1.85. The zero-order valence-electron chi connectivity index (χ0n) is 5.31. The first kappa shape index (κ1) is 8.10. The Morgan fingerprint density at radius 2 is 2.33 bits per heavy atom. The Labute approximate surface area is 53.6 Å². The summed E-state index contributed by atoms with van der Waals surface area (Å²) in [7, 11) is 1.71. The molecule has 0 bridgehead atoms. The fourth-order valence-electron chi connectivity index (χ4n) is 0.335. The minimum atomic E-state index is -0.251. The van der Waals surface area contributed by atoms with E-state index in [4.69, 9.17) is 0 Å². The Bertz CT molecular complexity index is 103. The van der Waals surface area contributed by atoms with Gasteiger partial charge in [0.2, 0.25) is 5.91 Å². The zero-order valence-corrected chi connectivity index (χ0v) is 5.31. The summed E-state index contributed by atoms with van der Waals surface area (Å²) >= 11 is 0. The minimum Gasteiger partial charge on any atom is -0.343 e. The number of amides is 1. The van der Waals surface area contributed by atoms with Gasteiger partial charge in [-0.25, -0.2) is 0 Å². The predicted octanol–water partition coefficient (Wildman–Crippen LogP) is -1.13. The lowest BCUT2D eigenvalue weighted by Crippen LogP contribution is -2.31. The normalized spacial score (nSPS) is 8.56. The zero-order chi connectivity index (χ0) is 7.11. The van der Waals surface area contributed by atoms with E-state index in [1.807, 2.05) is 0 Å². The van der Waals surface area contributed by atoms with Gasteiger partial charge in [-0.1, -0.05) is 0 Å². The summed E-state index contributed by atoms with van der Waals surface area (Å²) in [6.45, 7) is 0.409. The summed E-state index contributed by atoms with van der Waals surface area (Å²) in [5.74, 6) is -0.251. The summed E-state index contributed by atoms with van der Waals surface area (Å²) in [5.41, 5.74) is 0. The van der Waals surface area contributed by atoms with Gasteiger partial charge in [-0.05, 0) is 7.05 Å². The molecular weight excluding hydrogens is 120 g/mol. The molecule has 0 aliphatic carbocycles. The van der Waals surface area contributed by atoms with Gasteiger partial charge in [0, 0.05) is 0 Å². The van der Waals surface area contributed by atoms with Crippen molar-refractivity contribution in [3.8, 4) is 0 Å². The summed E-state index contributed by atoms with van der Waals surface area (Å²) in [6, 6.07) is 0. The lowest BCUT2D eigenvalue weighted by atomic mass is 10.4. The number of carbonyl (C=O) groups is 2. The molecule has 0 heterocycles. The fourth-order valence-corrected chi connectivity index (χ4v) is 0.335. The first-order chi connectivity index (χ1) is 4.31. The molecule has 0 aromatic carbocycles. The van der Waals surface area contributed by atoms with Crippen LogP contribution in [0.5, 0.6) is 0 Å². The molecule has 4 heteroatoms. The van der Waals surface area contributed by atoms with Crippen molar-refractivity contribution < 1.29 is 9.59 Å². The third-order valence-corrected chi connectivity index (χ3v) is 0.731. The topological polar surface area (TPSA) is 58.2 Å². The van der Waals surface area contributed by atoms with Crippen LogP contribution in [0.15, 0.2) is 0 Å². The van der Waals surface area contributed by atoms with E-state index in [0.29, 0.717) is 13.0 Å². The summed E-state index contributed by atoms with van der Waals surface area (Å²) in [5, 5.41) is 5.16. The molecule has 0 spiro atoms. The third kappa shape index (κ3) is 4.96. The van der Waals surface area contributed by atoms with Crippen LogP contribution < -0.4 is 10.6 Å². The van der Waals surface area contributed by atoms with Gasteiger partial charge in [-0.3, -0.25) is 4.79 Å². The van der Waals surface area contributed by atoms with Crippen LogP contribution >= 0.6 is 0 Å². The largest absolute Gasteiger partial charge is 0.343 e. The lowest BCUT2D eigenvalue weighted by molar-refractivity contribution is -0.123. The maximum atomic E-state index is 10.4. The number of rotatable bonds is 4. The molecule has 0 aliphatic rings. The highest BCUT2D eigenvalue weighted by atomic mass is 16.2. The van der Waals surface area contributed by atoms with E-state index in [1.165, 1.54) is 0 Å². The van der Waals surface area contributed by atoms with Gasteiger partial charge < -0.3 is 15.4 Å². The molecule has 0 saturated heterocycles. The van der Waals surface area contributed by atoms with E-state index in [1.54, 1.807) is 7.05 Å². The van der Waals surface area contributed by atoms with Crippen LogP contribution in [0.3, 0.4) is 0 Å². The molecule has 52 valence electrons. The second kappa shape index (κ2) is 5.24. The van der Waals surface area contributed by atoms with E-state index in [2.05, 4.69) is 10.6 Å². The molecule has 4 nitrogen and oxygen atoms in total. The van der Waals surface area contributed by atoms with Gasteiger partial charge in [0.1, 0.15) is 6.29 Å². The van der Waals surface area contributed by atoms with Gasteiger partial charge in [0.25, 0.3) is 0 Å². The number of hydrogen-bond acceptors (Lipinski definition) is 3. The van der Waals surface area contributed by atoms with Crippen molar-refractivity contribution in [2.45, 2.75) is 6.42 Å². The van der Waals surface area contributed by atoms with E-state index < -0.39 is 0 Å². The Kier molecular flexibility index (Phi) is 4.72. The molecule has 0 atom stereocenters. The average molecular weight is 130 g/mol. The Morgan fingerprint density at radius 3 is 2.78 bits per heavy atom. The van der Waals surface area contributed by atoms with E-state index in [0.717, 1.165) is 0 Å². The molecule has 0 radical (unpaired) electrons. The Balaban J connectivity index is 3.16. The second-order valence-electron chi connectivity index (χ2n) is 1.50. The van der Waals surface area contributed by atoms with Crippen molar-refractivity contribution in [2.24, 2.45) is 0 Å². The van der Waals surface area contributed by atoms with Gasteiger partial charge >= 0.3 is 0 Å². The van der Waals surface area contributed by atoms with Crippen molar-refractivity contribution >= 4 is 12.2 Å². The van der Waals surface area contributed by atoms with Gasteiger partial charge in [0.15, 0.2) is 0 Å². The molecule has 0 saturated carbocycles. The quantitative estimate of drug-likeness (QED) is 0.287. The minimum absolute atomic E-state index is 0.0539. The van der Waals surface area contributed by atoms with Crippen LogP contribution in [0.1, 0.15) is 6.42 Å². The lowest BCUT2D eigenvalue weighted by Gasteiger charge is -1.98. The maximum Gasteiger partial charge on any atom is 0.228 e. The van der Waals surface area contributed by atoms with Crippen molar-refractivity contribution in [3.05, 3.63) is 0 Å². The van der Waals surface area contributed by atoms with Crippen LogP contribution in [-0.2, 0) is 9.59 Å². The molecule has 9 heavy (non-hydrogen) atoms. The first-order valence-electron chi connectivity index (χ1n) is 2.66. The smallest absolute Gasteiger partial charge is 0.228 e. The van der Waals surface area contributed by atoms with E-state index in [9.17, 15) is 9.59 Å². The van der Waals surface area contributed by atoms with Crippen LogP contribution in [0.2, 0.25) is 0 Å². The van der Waals surface area contributed by atoms with Gasteiger partial charge in [0.05, 0.1) is 13.1 Å². The Hall–Kier alpha value is -0.900. The van der Waals surface area contributed by atoms with Crippen molar-refractivity contribution in [2.75, 3.05) is 13.7 Å². The van der Waals surface area contributed by atoms with Crippen molar-refractivity contribution in [3.63, 3.8) is 0 Å². The molecule has 0 unspecified atom stereocenters. The summed E-state index contributed by atoms with van der Waals surface area (Å²) in [4.78, 5) is 20.1. The van der Waals surface area contributed by atoms with Crippen LogP contribution in [0.4, 0.5) is 0 Å². The summed E-state index contributed by atoms with van der Waals surface area (Å²) < 4.78 is 0. The van der Waals surface area contributed by atoms with Crippen LogP contribution in [0.25, 0.3) is 0 Å². The molecule has 0 aliphatic heterocycles. The molecule has 1 amide bonds. The highest BCUT2D eigenvalue weighted by molar-refractivity contribution is 5.87. The predicted molar refractivity (Wildman–Crippen MR) is 32.8 cm³/mol. The number of carbonyl (C=O) groups excluding carboxylic acids is 2. The van der Waals surface area contributed by atoms with Crippen LogP contribution in [0, 0.1) is 0 Å². The number of aldehydes is 1. The van der Waals surface area contributed by atoms with Gasteiger partial charge in [-0.2, -0.15) is 0 Å².